The third-order valence-electron chi connectivity index (χ3n) is 5.41. The fourth-order valence-electron chi connectivity index (χ4n) is 3.69. The molecule has 1 heterocycles. The summed E-state index contributed by atoms with van der Waals surface area (Å²) in [5, 5.41) is 24.3. The summed E-state index contributed by atoms with van der Waals surface area (Å²) in [6, 6.07) is 11.5. The van der Waals surface area contributed by atoms with E-state index in [4.69, 9.17) is 0 Å². The second kappa shape index (κ2) is 10.2. The summed E-state index contributed by atoms with van der Waals surface area (Å²) in [5.41, 5.74) is 2.28. The monoisotopic (exact) mass is 423 g/mol. The number of nitrogens with one attached hydrogen (secondary N) is 2. The molecule has 1 atom stereocenters. The lowest BCUT2D eigenvalue weighted by atomic mass is 9.76. The normalized spacial score (nSPS) is 15.8. The number of aldehydes is 1. The van der Waals surface area contributed by atoms with Gasteiger partial charge in [0.05, 0.1) is 0 Å². The van der Waals surface area contributed by atoms with Gasteiger partial charge in [-0.15, -0.1) is 0 Å². The van der Waals surface area contributed by atoms with Crippen LogP contribution in [0.5, 0.6) is 0 Å². The molecule has 0 radical (unpaired) electrons. The minimum atomic E-state index is -1.78. The van der Waals surface area contributed by atoms with Crippen LogP contribution in [-0.2, 0) is 0 Å². The maximum absolute atomic E-state index is 12.9. The van der Waals surface area contributed by atoms with E-state index in [1.165, 1.54) is 18.2 Å². The molecule has 1 saturated heterocycles. The molecule has 4 N–H and O–H groups in total. The van der Waals surface area contributed by atoms with Crippen molar-refractivity contribution in [3.63, 3.8) is 0 Å². The van der Waals surface area contributed by atoms with Crippen LogP contribution in [0.1, 0.15) is 39.1 Å². The highest BCUT2D eigenvalue weighted by atomic mass is 16.4. The number of hydrogen-bond acceptors (Lipinski definition) is 5. The average molecular weight is 423 g/mol. The fraction of sp³-hybridized carbons (Fsp3) is 0.318. The van der Waals surface area contributed by atoms with Crippen molar-refractivity contribution in [3.05, 3.63) is 59.2 Å². The Hall–Kier alpha value is -3.17. The number of hydrogen-bond donors (Lipinski definition) is 4. The van der Waals surface area contributed by atoms with Gasteiger partial charge < -0.3 is 25.6 Å². The molecular formula is C22H26BN3O5. The number of benzene rings is 2. The summed E-state index contributed by atoms with van der Waals surface area (Å²) in [6.45, 7) is 3.50. The number of likely N-dealkylation sites (tertiary alicyclic amines) is 1. The van der Waals surface area contributed by atoms with E-state index < -0.39 is 7.12 Å². The molecule has 1 aliphatic rings. The van der Waals surface area contributed by atoms with Gasteiger partial charge in [-0.05, 0) is 55.4 Å². The van der Waals surface area contributed by atoms with E-state index in [2.05, 4.69) is 10.6 Å². The Morgan fingerprint density at radius 1 is 1.19 bits per heavy atom. The van der Waals surface area contributed by atoms with Crippen LogP contribution < -0.4 is 16.1 Å². The zero-order chi connectivity index (χ0) is 22.4. The van der Waals surface area contributed by atoms with E-state index in [1.54, 1.807) is 4.90 Å². The van der Waals surface area contributed by atoms with Gasteiger partial charge in [-0.3, -0.25) is 9.59 Å². The zero-order valence-corrected chi connectivity index (χ0v) is 17.4. The zero-order valence-electron chi connectivity index (χ0n) is 17.4. The number of rotatable bonds is 6. The number of aryl methyl sites for hydroxylation is 1. The molecule has 0 aliphatic carbocycles. The van der Waals surface area contributed by atoms with Crippen LogP contribution in [0.3, 0.4) is 0 Å². The van der Waals surface area contributed by atoms with Gasteiger partial charge in [0, 0.05) is 36.4 Å². The Morgan fingerprint density at radius 2 is 1.94 bits per heavy atom. The first-order valence-corrected chi connectivity index (χ1v) is 10.2. The molecule has 0 saturated carbocycles. The Labute approximate surface area is 181 Å². The van der Waals surface area contributed by atoms with Gasteiger partial charge in [0.15, 0.2) is 0 Å². The molecule has 1 fully saturated rings. The van der Waals surface area contributed by atoms with Gasteiger partial charge in [-0.25, -0.2) is 4.79 Å². The lowest BCUT2D eigenvalue weighted by Crippen LogP contribution is -2.44. The van der Waals surface area contributed by atoms with Crippen molar-refractivity contribution in [1.82, 2.24) is 10.2 Å². The number of anilines is 1. The largest absolute Gasteiger partial charge is 0.489 e. The molecule has 2 aromatic carbocycles. The minimum absolute atomic E-state index is 0.0619. The van der Waals surface area contributed by atoms with E-state index in [0.717, 1.165) is 18.4 Å². The third-order valence-corrected chi connectivity index (χ3v) is 5.41. The van der Waals surface area contributed by atoms with Gasteiger partial charge >= 0.3 is 13.1 Å². The lowest BCUT2D eigenvalue weighted by molar-refractivity contribution is 0.0675. The van der Waals surface area contributed by atoms with Crippen LogP contribution in [0.4, 0.5) is 10.5 Å². The molecule has 2 aromatic rings. The number of piperidine rings is 1. The van der Waals surface area contributed by atoms with Crippen molar-refractivity contribution < 1.29 is 24.4 Å². The van der Waals surface area contributed by atoms with E-state index in [0.29, 0.717) is 37.2 Å². The first-order chi connectivity index (χ1) is 14.9. The number of carbonyl (C=O) groups is 3. The molecule has 3 rings (SSSR count). The van der Waals surface area contributed by atoms with Gasteiger partial charge in [-0.2, -0.15) is 0 Å². The Morgan fingerprint density at radius 3 is 2.61 bits per heavy atom. The summed E-state index contributed by atoms with van der Waals surface area (Å²) in [5.74, 6) is -0.110. The number of amides is 3. The predicted molar refractivity (Wildman–Crippen MR) is 118 cm³/mol. The molecule has 9 heteroatoms. The Kier molecular flexibility index (Phi) is 7.43. The summed E-state index contributed by atoms with van der Waals surface area (Å²) < 4.78 is 0. The van der Waals surface area contributed by atoms with E-state index in [1.807, 2.05) is 31.2 Å². The van der Waals surface area contributed by atoms with Crippen LogP contribution in [0.15, 0.2) is 42.5 Å². The highest BCUT2D eigenvalue weighted by Crippen LogP contribution is 2.19. The van der Waals surface area contributed by atoms with Crippen LogP contribution in [-0.4, -0.2) is 59.9 Å². The van der Waals surface area contributed by atoms with Crippen molar-refractivity contribution in [1.29, 1.82) is 0 Å². The first kappa shape index (κ1) is 22.5. The highest BCUT2D eigenvalue weighted by Gasteiger charge is 2.26. The van der Waals surface area contributed by atoms with E-state index in [-0.39, 0.29) is 28.9 Å². The molecule has 0 spiro atoms. The summed E-state index contributed by atoms with van der Waals surface area (Å²) in [7, 11) is -1.78. The van der Waals surface area contributed by atoms with Crippen molar-refractivity contribution in [3.8, 4) is 0 Å². The molecular weight excluding hydrogens is 397 g/mol. The van der Waals surface area contributed by atoms with Crippen molar-refractivity contribution in [2.45, 2.75) is 19.8 Å². The smallest absolute Gasteiger partial charge is 0.423 e. The quantitative estimate of drug-likeness (QED) is 0.411. The van der Waals surface area contributed by atoms with Gasteiger partial charge in [0.25, 0.3) is 5.91 Å². The molecule has 1 unspecified atom stereocenters. The first-order valence-electron chi connectivity index (χ1n) is 10.2. The lowest BCUT2D eigenvalue weighted by Gasteiger charge is -2.33. The van der Waals surface area contributed by atoms with E-state index >= 15 is 0 Å². The molecule has 1 aliphatic heterocycles. The van der Waals surface area contributed by atoms with Crippen molar-refractivity contribution >= 4 is 36.5 Å². The van der Waals surface area contributed by atoms with Crippen molar-refractivity contribution in [2.24, 2.45) is 5.92 Å². The maximum Gasteiger partial charge on any atom is 0.489 e. The molecule has 162 valence electrons. The minimum Gasteiger partial charge on any atom is -0.423 e. The van der Waals surface area contributed by atoms with Crippen LogP contribution >= 0.6 is 0 Å². The second-order valence-electron chi connectivity index (χ2n) is 7.80. The van der Waals surface area contributed by atoms with Gasteiger partial charge in [0.2, 0.25) is 0 Å². The van der Waals surface area contributed by atoms with Crippen molar-refractivity contribution in [2.75, 3.05) is 25.0 Å². The molecule has 8 nitrogen and oxygen atoms in total. The molecule has 31 heavy (non-hydrogen) atoms. The Balaban J connectivity index is 1.56. The molecule has 3 amide bonds. The third kappa shape index (κ3) is 5.93. The highest BCUT2D eigenvalue weighted by molar-refractivity contribution is 6.60. The van der Waals surface area contributed by atoms with Crippen LogP contribution in [0, 0.1) is 12.8 Å². The average Bonchev–Trinajstić information content (AvgIpc) is 2.78. The summed E-state index contributed by atoms with van der Waals surface area (Å²) in [6.07, 6.45) is 2.20. The topological polar surface area (TPSA) is 119 Å². The number of nitrogens with zero attached hydrogens (tertiary/aromatic N) is 1. The fourth-order valence-corrected chi connectivity index (χ4v) is 3.69. The summed E-state index contributed by atoms with van der Waals surface area (Å²) >= 11 is 0. The SMILES string of the molecule is Cc1ccc(NC(=O)NCC2CCCN(C(=O)c3ccc(B(O)O)c(C=O)c3)C2)cc1. The Bertz CT molecular complexity index is 949. The van der Waals surface area contributed by atoms with Gasteiger partial charge in [0.1, 0.15) is 6.29 Å². The standard InChI is InChI=1S/C22H26BN3O5/c1-15-4-7-19(8-5-15)25-22(29)24-12-16-3-2-10-26(13-16)21(28)17-6-9-20(23(30)31)18(11-17)14-27/h4-9,11,14,16,30-31H,2-3,10,12-13H2,1H3,(H2,24,25,29). The predicted octanol–water partition coefficient (Wildman–Crippen LogP) is 1.16. The molecule has 0 bridgehead atoms. The number of urea groups is 1. The van der Waals surface area contributed by atoms with Crippen LogP contribution in [0.25, 0.3) is 0 Å². The van der Waals surface area contributed by atoms with Gasteiger partial charge in [-0.1, -0.05) is 23.8 Å². The van der Waals surface area contributed by atoms with E-state index in [9.17, 15) is 24.4 Å². The summed E-state index contributed by atoms with van der Waals surface area (Å²) in [4.78, 5) is 38.0. The number of carbonyl (C=O) groups excluding carboxylic acids is 3. The van der Waals surface area contributed by atoms with Crippen LogP contribution in [0.2, 0.25) is 0 Å². The molecule has 0 aromatic heterocycles. The maximum atomic E-state index is 12.9. The second-order valence-corrected chi connectivity index (χ2v) is 7.80.